The number of esters is 1. The van der Waals surface area contributed by atoms with Crippen LogP contribution in [0.5, 0.6) is 5.75 Å². The lowest BCUT2D eigenvalue weighted by Crippen LogP contribution is -2.46. The number of methoxy groups -OCH3 is 1. The molecule has 1 aliphatic rings. The number of rotatable bonds is 7. The molecular weight excluding hydrogens is 342 g/mol. The Morgan fingerprint density at radius 3 is 2.59 bits per heavy atom. The van der Waals surface area contributed by atoms with Crippen molar-refractivity contribution in [3.8, 4) is 5.75 Å². The number of anilines is 1. The number of carbonyl (C=O) groups excluding carboxylic acids is 2. The molecule has 1 aliphatic heterocycles. The highest BCUT2D eigenvalue weighted by molar-refractivity contribution is 6.20. The van der Waals surface area contributed by atoms with Crippen molar-refractivity contribution in [3.63, 3.8) is 0 Å². The molecule has 0 N–H and O–H groups in total. The SMILES string of the molecule is C=CC[C@@]1(C(=O)OCC)C(=O)N(Cc2ccccc2)c2ccc(OC)cc21. The van der Waals surface area contributed by atoms with Crippen LogP contribution >= 0.6 is 0 Å². The number of allylic oxidation sites excluding steroid dienone is 1. The molecule has 0 fully saturated rings. The van der Waals surface area contributed by atoms with Crippen molar-refractivity contribution in [3.05, 3.63) is 72.3 Å². The zero-order valence-corrected chi connectivity index (χ0v) is 15.6. The second kappa shape index (κ2) is 7.66. The van der Waals surface area contributed by atoms with Gasteiger partial charge in [-0.15, -0.1) is 6.58 Å². The average Bonchev–Trinajstić information content (AvgIpc) is 2.92. The number of ether oxygens (including phenoxy) is 2. The Balaban J connectivity index is 2.16. The van der Waals surface area contributed by atoms with Gasteiger partial charge in [-0.2, -0.15) is 0 Å². The zero-order valence-electron chi connectivity index (χ0n) is 15.6. The minimum atomic E-state index is -1.43. The van der Waals surface area contributed by atoms with Gasteiger partial charge in [0.2, 0.25) is 5.91 Å². The number of benzene rings is 2. The van der Waals surface area contributed by atoms with Crippen molar-refractivity contribution in [2.45, 2.75) is 25.3 Å². The summed E-state index contributed by atoms with van der Waals surface area (Å²) in [5.41, 5.74) is 0.836. The molecule has 140 valence electrons. The molecule has 0 aromatic heterocycles. The van der Waals surface area contributed by atoms with E-state index in [1.807, 2.05) is 36.4 Å². The summed E-state index contributed by atoms with van der Waals surface area (Å²) in [7, 11) is 1.56. The fraction of sp³-hybridized carbons (Fsp3) is 0.273. The molecule has 2 aromatic rings. The maximum atomic E-state index is 13.5. The van der Waals surface area contributed by atoms with Gasteiger partial charge >= 0.3 is 5.97 Å². The second-order valence-electron chi connectivity index (χ2n) is 6.38. The Bertz CT molecular complexity index is 862. The molecule has 27 heavy (non-hydrogen) atoms. The first-order chi connectivity index (χ1) is 13.1. The molecule has 0 unspecified atom stereocenters. The molecule has 1 heterocycles. The molecule has 0 radical (unpaired) electrons. The van der Waals surface area contributed by atoms with Gasteiger partial charge in [-0.25, -0.2) is 0 Å². The fourth-order valence-electron chi connectivity index (χ4n) is 3.55. The van der Waals surface area contributed by atoms with Crippen molar-refractivity contribution in [1.82, 2.24) is 0 Å². The molecule has 1 atom stereocenters. The monoisotopic (exact) mass is 365 g/mol. The highest BCUT2D eigenvalue weighted by Crippen LogP contribution is 2.47. The lowest BCUT2D eigenvalue weighted by atomic mass is 9.78. The topological polar surface area (TPSA) is 55.8 Å². The third kappa shape index (κ3) is 3.10. The van der Waals surface area contributed by atoms with Gasteiger partial charge in [-0.3, -0.25) is 9.59 Å². The van der Waals surface area contributed by atoms with Crippen LogP contribution in [0.2, 0.25) is 0 Å². The van der Waals surface area contributed by atoms with E-state index in [0.717, 1.165) is 5.56 Å². The van der Waals surface area contributed by atoms with Gasteiger partial charge in [-0.05, 0) is 37.1 Å². The summed E-state index contributed by atoms with van der Waals surface area (Å²) >= 11 is 0. The van der Waals surface area contributed by atoms with Gasteiger partial charge in [0.1, 0.15) is 5.75 Å². The third-order valence-corrected chi connectivity index (χ3v) is 4.82. The minimum Gasteiger partial charge on any atom is -0.497 e. The van der Waals surface area contributed by atoms with E-state index in [9.17, 15) is 9.59 Å². The van der Waals surface area contributed by atoms with Crippen molar-refractivity contribution in [2.24, 2.45) is 0 Å². The molecule has 0 aliphatic carbocycles. The first-order valence-corrected chi connectivity index (χ1v) is 8.91. The van der Waals surface area contributed by atoms with E-state index in [-0.39, 0.29) is 18.9 Å². The van der Waals surface area contributed by atoms with Crippen molar-refractivity contribution in [2.75, 3.05) is 18.6 Å². The Morgan fingerprint density at radius 1 is 1.22 bits per heavy atom. The van der Waals surface area contributed by atoms with Crippen LogP contribution in [-0.4, -0.2) is 25.6 Å². The van der Waals surface area contributed by atoms with Crippen LogP contribution in [0, 0.1) is 0 Å². The first-order valence-electron chi connectivity index (χ1n) is 8.91. The van der Waals surface area contributed by atoms with E-state index in [1.165, 1.54) is 0 Å². The number of fused-ring (bicyclic) bond motifs is 1. The molecule has 0 spiro atoms. The number of hydrogen-bond donors (Lipinski definition) is 0. The van der Waals surface area contributed by atoms with Gasteiger partial charge in [-0.1, -0.05) is 36.4 Å². The summed E-state index contributed by atoms with van der Waals surface area (Å²) in [6.45, 7) is 6.06. The van der Waals surface area contributed by atoms with E-state index in [0.29, 0.717) is 23.5 Å². The maximum Gasteiger partial charge on any atom is 0.326 e. The van der Waals surface area contributed by atoms with E-state index in [1.54, 1.807) is 37.1 Å². The Hall–Kier alpha value is -3.08. The van der Waals surface area contributed by atoms with Crippen LogP contribution in [0.25, 0.3) is 0 Å². The third-order valence-electron chi connectivity index (χ3n) is 4.82. The Labute approximate surface area is 159 Å². The second-order valence-corrected chi connectivity index (χ2v) is 6.38. The summed E-state index contributed by atoms with van der Waals surface area (Å²) in [5.74, 6) is -0.270. The quantitative estimate of drug-likeness (QED) is 0.427. The molecule has 5 nitrogen and oxygen atoms in total. The van der Waals surface area contributed by atoms with Crippen LogP contribution in [0.3, 0.4) is 0 Å². The molecule has 5 heteroatoms. The van der Waals surface area contributed by atoms with Gasteiger partial charge < -0.3 is 14.4 Å². The zero-order chi connectivity index (χ0) is 19.4. The maximum absolute atomic E-state index is 13.5. The predicted molar refractivity (Wildman–Crippen MR) is 104 cm³/mol. The summed E-state index contributed by atoms with van der Waals surface area (Å²) in [5, 5.41) is 0. The van der Waals surface area contributed by atoms with Crippen LogP contribution in [0.1, 0.15) is 24.5 Å². The Kier molecular flexibility index (Phi) is 5.31. The van der Waals surface area contributed by atoms with Crippen LogP contribution in [0.4, 0.5) is 5.69 Å². The minimum absolute atomic E-state index is 0.163. The summed E-state index contributed by atoms with van der Waals surface area (Å²) in [6.07, 6.45) is 1.75. The van der Waals surface area contributed by atoms with E-state index in [4.69, 9.17) is 9.47 Å². The van der Waals surface area contributed by atoms with E-state index >= 15 is 0 Å². The van der Waals surface area contributed by atoms with Gasteiger partial charge in [0.05, 0.1) is 20.3 Å². The number of hydrogen-bond acceptors (Lipinski definition) is 4. The lowest BCUT2D eigenvalue weighted by Gasteiger charge is -2.25. The number of amides is 1. The highest BCUT2D eigenvalue weighted by atomic mass is 16.5. The lowest BCUT2D eigenvalue weighted by molar-refractivity contribution is -0.153. The van der Waals surface area contributed by atoms with Crippen molar-refractivity contribution in [1.29, 1.82) is 0 Å². The normalized spacial score (nSPS) is 18.1. The smallest absolute Gasteiger partial charge is 0.326 e. The molecule has 3 rings (SSSR count). The van der Waals surface area contributed by atoms with Gasteiger partial charge in [0.15, 0.2) is 5.41 Å². The summed E-state index contributed by atoms with van der Waals surface area (Å²) in [6, 6.07) is 15.0. The van der Waals surface area contributed by atoms with Gasteiger partial charge in [0, 0.05) is 11.3 Å². The highest BCUT2D eigenvalue weighted by Gasteiger charge is 2.56. The van der Waals surface area contributed by atoms with Crippen LogP contribution in [0.15, 0.2) is 61.2 Å². The summed E-state index contributed by atoms with van der Waals surface area (Å²) < 4.78 is 10.6. The van der Waals surface area contributed by atoms with Crippen LogP contribution in [-0.2, 0) is 26.3 Å². The molecule has 2 aromatic carbocycles. The molecule has 0 saturated heterocycles. The fourth-order valence-corrected chi connectivity index (χ4v) is 3.55. The number of nitrogens with zero attached hydrogens (tertiary/aromatic N) is 1. The molecular formula is C22H23NO4. The van der Waals surface area contributed by atoms with Crippen molar-refractivity contribution >= 4 is 17.6 Å². The molecule has 1 amide bonds. The number of carbonyl (C=O) groups is 2. The predicted octanol–water partition coefficient (Wildman–Crippen LogP) is 3.62. The van der Waals surface area contributed by atoms with Crippen molar-refractivity contribution < 1.29 is 19.1 Å². The standard InChI is InChI=1S/C22H23NO4/c1-4-13-22(21(25)27-5-2)18-14-17(26-3)11-12-19(18)23(20(22)24)15-16-9-7-6-8-10-16/h4,6-12,14H,1,5,13,15H2,2-3H3/t22-/m0/s1. The first kappa shape index (κ1) is 18.7. The molecule has 0 saturated carbocycles. The van der Waals surface area contributed by atoms with E-state index in [2.05, 4.69) is 6.58 Å². The average molecular weight is 365 g/mol. The molecule has 0 bridgehead atoms. The van der Waals surface area contributed by atoms with Crippen LogP contribution < -0.4 is 9.64 Å². The Morgan fingerprint density at radius 2 is 1.96 bits per heavy atom. The largest absolute Gasteiger partial charge is 0.497 e. The van der Waals surface area contributed by atoms with E-state index < -0.39 is 11.4 Å². The summed E-state index contributed by atoms with van der Waals surface area (Å²) in [4.78, 5) is 28.1. The van der Waals surface area contributed by atoms with Gasteiger partial charge in [0.25, 0.3) is 0 Å².